The Balaban J connectivity index is 1.48. The Bertz CT molecular complexity index is 852. The van der Waals surface area contributed by atoms with Gasteiger partial charge in [-0.25, -0.2) is 0 Å². The van der Waals surface area contributed by atoms with E-state index in [0.29, 0.717) is 25.2 Å². The number of carbonyl (C=O) groups excluding carboxylic acids is 2. The zero-order valence-corrected chi connectivity index (χ0v) is 15.7. The van der Waals surface area contributed by atoms with Gasteiger partial charge in [0.05, 0.1) is 11.0 Å². The Labute approximate surface area is 160 Å². The van der Waals surface area contributed by atoms with Crippen LogP contribution in [0.25, 0.3) is 0 Å². The number of hydrogen-bond donors (Lipinski definition) is 0. The topological polar surface area (TPSA) is 53.5 Å². The number of carbonyl (C=O) groups is 2. The number of benzene rings is 1. The molecule has 1 atom stereocenters. The summed E-state index contributed by atoms with van der Waals surface area (Å²) in [4.78, 5) is 33.9. The summed E-state index contributed by atoms with van der Waals surface area (Å²) in [5, 5.41) is 0. The molecular formula is C22H25N3O2. The second-order valence-corrected chi connectivity index (χ2v) is 7.82. The smallest absolute Gasteiger partial charge is 0.255 e. The highest BCUT2D eigenvalue weighted by Crippen LogP contribution is 2.40. The summed E-state index contributed by atoms with van der Waals surface area (Å²) in [5.41, 5.74) is 2.55. The molecule has 5 nitrogen and oxygen atoms in total. The van der Waals surface area contributed by atoms with E-state index in [4.69, 9.17) is 0 Å². The molecule has 0 N–H and O–H groups in total. The van der Waals surface area contributed by atoms with Crippen LogP contribution in [-0.2, 0) is 11.3 Å². The van der Waals surface area contributed by atoms with E-state index in [1.807, 2.05) is 15.9 Å². The molecule has 1 aromatic carbocycles. The highest BCUT2D eigenvalue weighted by atomic mass is 16.2. The highest BCUT2D eigenvalue weighted by Gasteiger charge is 2.49. The zero-order valence-electron chi connectivity index (χ0n) is 15.7. The molecule has 27 heavy (non-hydrogen) atoms. The summed E-state index contributed by atoms with van der Waals surface area (Å²) in [7, 11) is 0. The molecule has 2 fully saturated rings. The van der Waals surface area contributed by atoms with Crippen LogP contribution in [0.4, 0.5) is 0 Å². The van der Waals surface area contributed by atoms with E-state index in [9.17, 15) is 9.59 Å². The summed E-state index contributed by atoms with van der Waals surface area (Å²) >= 11 is 0. The van der Waals surface area contributed by atoms with Crippen LogP contribution < -0.4 is 0 Å². The van der Waals surface area contributed by atoms with Crippen molar-refractivity contribution in [2.24, 2.45) is 5.41 Å². The predicted octanol–water partition coefficient (Wildman–Crippen LogP) is 3.04. The lowest BCUT2D eigenvalue weighted by Crippen LogP contribution is -2.50. The number of likely N-dealkylation sites (tertiary alicyclic amines) is 2. The molecule has 0 unspecified atom stereocenters. The predicted molar refractivity (Wildman–Crippen MR) is 103 cm³/mol. The molecule has 5 heteroatoms. The van der Waals surface area contributed by atoms with Crippen molar-refractivity contribution in [2.75, 3.05) is 19.6 Å². The van der Waals surface area contributed by atoms with Gasteiger partial charge >= 0.3 is 0 Å². The molecule has 2 aliphatic rings. The molecule has 2 aromatic rings. The van der Waals surface area contributed by atoms with Gasteiger partial charge in [-0.2, -0.15) is 0 Å². The van der Waals surface area contributed by atoms with Crippen molar-refractivity contribution < 1.29 is 9.59 Å². The average molecular weight is 363 g/mol. The highest BCUT2D eigenvalue weighted by molar-refractivity contribution is 5.95. The standard InChI is InChI=1S/C22H25N3O2/c1-17-5-2-6-18(13-17)15-24-11-4-8-22(21(24)27)9-12-25(16-22)20(26)19-7-3-10-23-14-19/h2-3,5-7,10,13-14H,4,8-9,11-12,15-16H2,1H3/t22-/m0/s1. The quantitative estimate of drug-likeness (QED) is 0.842. The van der Waals surface area contributed by atoms with Gasteiger partial charge in [0.2, 0.25) is 5.91 Å². The molecule has 1 spiro atoms. The molecule has 3 heterocycles. The van der Waals surface area contributed by atoms with Crippen LogP contribution in [-0.4, -0.2) is 46.2 Å². The first-order valence-corrected chi connectivity index (χ1v) is 9.62. The maximum Gasteiger partial charge on any atom is 0.255 e. The zero-order chi connectivity index (χ0) is 18.9. The summed E-state index contributed by atoms with van der Waals surface area (Å²) in [6, 6.07) is 11.9. The lowest BCUT2D eigenvalue weighted by Gasteiger charge is -2.39. The Hall–Kier alpha value is -2.69. The molecular weight excluding hydrogens is 338 g/mol. The second-order valence-electron chi connectivity index (χ2n) is 7.82. The SMILES string of the molecule is Cc1cccc(CN2CCC[C@@]3(CCN(C(=O)c4cccnc4)C3)C2=O)c1. The van der Waals surface area contributed by atoms with Crippen molar-refractivity contribution in [2.45, 2.75) is 32.7 Å². The summed E-state index contributed by atoms with van der Waals surface area (Å²) < 4.78 is 0. The summed E-state index contributed by atoms with van der Waals surface area (Å²) in [6.45, 7) is 4.67. The minimum atomic E-state index is -0.417. The molecule has 0 radical (unpaired) electrons. The molecule has 2 aliphatic heterocycles. The van der Waals surface area contributed by atoms with Gasteiger partial charge in [-0.1, -0.05) is 29.8 Å². The molecule has 4 rings (SSSR count). The van der Waals surface area contributed by atoms with Crippen LogP contribution in [0, 0.1) is 12.3 Å². The van der Waals surface area contributed by atoms with E-state index < -0.39 is 5.41 Å². The van der Waals surface area contributed by atoms with E-state index in [-0.39, 0.29) is 11.8 Å². The van der Waals surface area contributed by atoms with Gasteiger partial charge in [-0.3, -0.25) is 14.6 Å². The molecule has 2 saturated heterocycles. The summed E-state index contributed by atoms with van der Waals surface area (Å²) in [6.07, 6.45) is 5.87. The van der Waals surface area contributed by atoms with Crippen LogP contribution in [0.1, 0.15) is 40.7 Å². The lowest BCUT2D eigenvalue weighted by molar-refractivity contribution is -0.146. The monoisotopic (exact) mass is 363 g/mol. The molecule has 0 bridgehead atoms. The fourth-order valence-corrected chi connectivity index (χ4v) is 4.43. The summed E-state index contributed by atoms with van der Waals surface area (Å²) in [5.74, 6) is 0.181. The van der Waals surface area contributed by atoms with E-state index in [1.54, 1.807) is 24.5 Å². The molecule has 0 aliphatic carbocycles. The normalized spacial score (nSPS) is 22.5. The van der Waals surface area contributed by atoms with Gasteiger partial charge in [0.15, 0.2) is 0 Å². The van der Waals surface area contributed by atoms with Gasteiger partial charge in [0.25, 0.3) is 5.91 Å². The first kappa shape index (κ1) is 17.7. The van der Waals surface area contributed by atoms with E-state index in [2.05, 4.69) is 30.1 Å². The molecule has 2 amide bonds. The third-order valence-electron chi connectivity index (χ3n) is 5.83. The van der Waals surface area contributed by atoms with Crippen LogP contribution in [0.5, 0.6) is 0 Å². The van der Waals surface area contributed by atoms with Crippen molar-refractivity contribution in [3.05, 3.63) is 65.5 Å². The van der Waals surface area contributed by atoms with E-state index in [1.165, 1.54) is 11.1 Å². The Kier molecular flexibility index (Phi) is 4.68. The number of aromatic nitrogens is 1. The number of rotatable bonds is 3. The Morgan fingerprint density at radius 1 is 1.19 bits per heavy atom. The molecule has 140 valence electrons. The minimum Gasteiger partial charge on any atom is -0.338 e. The van der Waals surface area contributed by atoms with Gasteiger partial charge < -0.3 is 9.80 Å². The minimum absolute atomic E-state index is 0.0245. The fourth-order valence-electron chi connectivity index (χ4n) is 4.43. The number of amides is 2. The van der Waals surface area contributed by atoms with Gasteiger partial charge in [-0.15, -0.1) is 0 Å². The number of nitrogens with zero attached hydrogens (tertiary/aromatic N) is 3. The van der Waals surface area contributed by atoms with Crippen LogP contribution in [0.15, 0.2) is 48.8 Å². The van der Waals surface area contributed by atoms with Crippen LogP contribution in [0.2, 0.25) is 0 Å². The van der Waals surface area contributed by atoms with Crippen LogP contribution >= 0.6 is 0 Å². The van der Waals surface area contributed by atoms with Crippen molar-refractivity contribution in [3.8, 4) is 0 Å². The average Bonchev–Trinajstić information content (AvgIpc) is 3.11. The lowest BCUT2D eigenvalue weighted by atomic mass is 9.78. The number of hydrogen-bond acceptors (Lipinski definition) is 3. The van der Waals surface area contributed by atoms with Crippen molar-refractivity contribution >= 4 is 11.8 Å². The van der Waals surface area contributed by atoms with Gasteiger partial charge in [-0.05, 0) is 43.9 Å². The Morgan fingerprint density at radius 2 is 2.07 bits per heavy atom. The van der Waals surface area contributed by atoms with Crippen molar-refractivity contribution in [1.82, 2.24) is 14.8 Å². The fraction of sp³-hybridized carbons (Fsp3) is 0.409. The number of pyridine rings is 1. The Morgan fingerprint density at radius 3 is 2.85 bits per heavy atom. The molecule has 0 saturated carbocycles. The maximum absolute atomic E-state index is 13.3. The van der Waals surface area contributed by atoms with E-state index in [0.717, 1.165) is 25.8 Å². The van der Waals surface area contributed by atoms with Crippen LogP contribution in [0.3, 0.4) is 0 Å². The third-order valence-corrected chi connectivity index (χ3v) is 5.83. The largest absolute Gasteiger partial charge is 0.338 e. The number of aryl methyl sites for hydroxylation is 1. The van der Waals surface area contributed by atoms with Gasteiger partial charge in [0, 0.05) is 38.6 Å². The third kappa shape index (κ3) is 3.46. The first-order chi connectivity index (χ1) is 13.1. The second kappa shape index (κ2) is 7.14. The first-order valence-electron chi connectivity index (χ1n) is 9.62. The molecule has 1 aromatic heterocycles. The van der Waals surface area contributed by atoms with Crippen molar-refractivity contribution in [3.63, 3.8) is 0 Å². The van der Waals surface area contributed by atoms with Gasteiger partial charge in [0.1, 0.15) is 0 Å². The maximum atomic E-state index is 13.3. The number of piperidine rings is 1. The van der Waals surface area contributed by atoms with Crippen molar-refractivity contribution in [1.29, 1.82) is 0 Å². The van der Waals surface area contributed by atoms with E-state index >= 15 is 0 Å².